The number of likely N-dealkylation sites (N-methyl/N-ethyl adjacent to an activating group) is 1. The number of hydrogen-bond acceptors (Lipinski definition) is 5. The molecular formula is C23H31N3O4S. The largest absolute Gasteiger partial charge is 0.492 e. The summed E-state index contributed by atoms with van der Waals surface area (Å²) in [6, 6.07) is 14.3. The van der Waals surface area contributed by atoms with Gasteiger partial charge in [-0.1, -0.05) is 31.2 Å². The summed E-state index contributed by atoms with van der Waals surface area (Å²) in [5, 5.41) is 0. The summed E-state index contributed by atoms with van der Waals surface area (Å²) in [4.78, 5) is 17.0. The van der Waals surface area contributed by atoms with Crippen molar-refractivity contribution in [3.8, 4) is 5.75 Å². The second-order valence-electron chi connectivity index (χ2n) is 7.59. The van der Waals surface area contributed by atoms with Crippen LogP contribution in [0.15, 0.2) is 48.5 Å². The Morgan fingerprint density at radius 1 is 1.00 bits per heavy atom. The van der Waals surface area contributed by atoms with Crippen molar-refractivity contribution in [2.75, 3.05) is 49.9 Å². The van der Waals surface area contributed by atoms with Crippen LogP contribution < -0.4 is 9.04 Å². The number of amides is 1. The van der Waals surface area contributed by atoms with Gasteiger partial charge >= 0.3 is 0 Å². The maximum atomic E-state index is 12.8. The molecule has 1 amide bonds. The molecule has 7 nitrogen and oxygen atoms in total. The number of benzene rings is 2. The van der Waals surface area contributed by atoms with E-state index in [1.807, 2.05) is 30.0 Å². The zero-order chi connectivity index (χ0) is 22.4. The van der Waals surface area contributed by atoms with Crippen molar-refractivity contribution in [3.63, 3.8) is 0 Å². The van der Waals surface area contributed by atoms with Gasteiger partial charge < -0.3 is 14.5 Å². The second-order valence-corrected chi connectivity index (χ2v) is 9.50. The van der Waals surface area contributed by atoms with Crippen molar-refractivity contribution in [2.45, 2.75) is 20.4 Å². The molecule has 0 saturated carbocycles. The highest BCUT2D eigenvalue weighted by molar-refractivity contribution is 7.92. The Balaban J connectivity index is 1.76. The van der Waals surface area contributed by atoms with Crippen molar-refractivity contribution < 1.29 is 17.9 Å². The Labute approximate surface area is 185 Å². The lowest BCUT2D eigenvalue weighted by Gasteiger charge is -2.34. The first-order valence-corrected chi connectivity index (χ1v) is 12.5. The van der Waals surface area contributed by atoms with Crippen molar-refractivity contribution in [2.24, 2.45) is 0 Å². The summed E-state index contributed by atoms with van der Waals surface area (Å²) in [5.74, 6) is 0.539. The average Bonchev–Trinajstić information content (AvgIpc) is 2.77. The molecule has 8 heteroatoms. The molecule has 1 saturated heterocycles. The number of carbonyl (C=O) groups is 1. The van der Waals surface area contributed by atoms with Crippen molar-refractivity contribution >= 4 is 21.6 Å². The number of sulfonamides is 1. The standard InChI is InChI=1S/C23H31N3O4S/c1-4-24-14-16-25(17-15-24)23(27)20-12-10-19(11-13-20)18-26(31(3,28)29)21-8-6-7-9-22(21)30-5-2/h6-13H,4-5,14-18H2,1-3H3. The van der Waals surface area contributed by atoms with Crippen molar-refractivity contribution in [1.82, 2.24) is 9.80 Å². The van der Waals surface area contributed by atoms with E-state index in [0.717, 1.165) is 38.3 Å². The Kier molecular flexibility index (Phi) is 7.56. The van der Waals surface area contributed by atoms with Crippen LogP contribution in [-0.2, 0) is 16.6 Å². The van der Waals surface area contributed by atoms with E-state index in [1.165, 1.54) is 10.6 Å². The Morgan fingerprint density at radius 3 is 2.23 bits per heavy atom. The minimum Gasteiger partial charge on any atom is -0.492 e. The fraction of sp³-hybridized carbons (Fsp3) is 0.435. The molecule has 1 aliphatic rings. The van der Waals surface area contributed by atoms with Crippen molar-refractivity contribution in [1.29, 1.82) is 0 Å². The van der Waals surface area contributed by atoms with Crippen LogP contribution in [0.4, 0.5) is 5.69 Å². The molecule has 168 valence electrons. The lowest BCUT2D eigenvalue weighted by molar-refractivity contribution is 0.0643. The van der Waals surface area contributed by atoms with Crippen molar-refractivity contribution in [3.05, 3.63) is 59.7 Å². The van der Waals surface area contributed by atoms with Gasteiger partial charge in [0.2, 0.25) is 10.0 Å². The van der Waals surface area contributed by atoms with Crippen LogP contribution in [0.2, 0.25) is 0 Å². The number of hydrogen-bond donors (Lipinski definition) is 0. The SMILES string of the molecule is CCOc1ccccc1N(Cc1ccc(C(=O)N2CCN(CC)CC2)cc1)S(C)(=O)=O. The van der Waals surface area contributed by atoms with E-state index < -0.39 is 10.0 Å². The van der Waals surface area contributed by atoms with E-state index in [2.05, 4.69) is 11.8 Å². The van der Waals surface area contributed by atoms with Gasteiger partial charge in [0.25, 0.3) is 5.91 Å². The molecule has 0 N–H and O–H groups in total. The quantitative estimate of drug-likeness (QED) is 0.625. The summed E-state index contributed by atoms with van der Waals surface area (Å²) < 4.78 is 32.0. The van der Waals surface area contributed by atoms with E-state index in [9.17, 15) is 13.2 Å². The fourth-order valence-electron chi connectivity index (χ4n) is 3.69. The molecule has 0 radical (unpaired) electrons. The molecule has 1 fully saturated rings. The van der Waals surface area contributed by atoms with Gasteiger partial charge in [-0.25, -0.2) is 8.42 Å². The van der Waals surface area contributed by atoms with Gasteiger partial charge in [-0.2, -0.15) is 0 Å². The van der Waals surface area contributed by atoms with Crippen LogP contribution >= 0.6 is 0 Å². The van der Waals surface area contributed by atoms with Crippen LogP contribution in [0.25, 0.3) is 0 Å². The van der Waals surface area contributed by atoms with Crippen LogP contribution in [0.5, 0.6) is 5.75 Å². The summed E-state index contributed by atoms with van der Waals surface area (Å²) in [5.41, 5.74) is 1.92. The molecule has 0 aliphatic carbocycles. The number of piperazine rings is 1. The average molecular weight is 446 g/mol. The maximum absolute atomic E-state index is 12.8. The number of nitrogens with zero attached hydrogens (tertiary/aromatic N) is 3. The molecule has 3 rings (SSSR count). The molecule has 2 aromatic carbocycles. The summed E-state index contributed by atoms with van der Waals surface area (Å²) >= 11 is 0. The first-order valence-electron chi connectivity index (χ1n) is 10.6. The molecule has 0 atom stereocenters. The van der Waals surface area contributed by atoms with Gasteiger partial charge in [0.15, 0.2) is 0 Å². The first kappa shape index (κ1) is 23.1. The van der Waals surface area contributed by atoms with Crippen LogP contribution in [0.3, 0.4) is 0 Å². The third-order valence-electron chi connectivity index (χ3n) is 5.47. The van der Waals surface area contributed by atoms with Gasteiger partial charge in [0, 0.05) is 31.7 Å². The van der Waals surface area contributed by atoms with E-state index in [4.69, 9.17) is 4.74 Å². The van der Waals surface area contributed by atoms with E-state index >= 15 is 0 Å². The van der Waals surface area contributed by atoms with E-state index in [0.29, 0.717) is 23.6 Å². The molecule has 0 aromatic heterocycles. The molecular weight excluding hydrogens is 414 g/mol. The van der Waals surface area contributed by atoms with Crippen LogP contribution in [-0.4, -0.2) is 69.7 Å². The van der Waals surface area contributed by atoms with Crippen LogP contribution in [0.1, 0.15) is 29.8 Å². The summed E-state index contributed by atoms with van der Waals surface area (Å²) in [7, 11) is -3.53. The molecule has 0 unspecified atom stereocenters. The third kappa shape index (κ3) is 5.77. The number of rotatable bonds is 8. The number of carbonyl (C=O) groups excluding carboxylic acids is 1. The lowest BCUT2D eigenvalue weighted by Crippen LogP contribution is -2.48. The number of para-hydroxylation sites is 2. The Morgan fingerprint density at radius 2 is 1.65 bits per heavy atom. The maximum Gasteiger partial charge on any atom is 0.253 e. The minimum absolute atomic E-state index is 0.0176. The highest BCUT2D eigenvalue weighted by Crippen LogP contribution is 2.31. The number of anilines is 1. The third-order valence-corrected chi connectivity index (χ3v) is 6.59. The van der Waals surface area contributed by atoms with Gasteiger partial charge in [0.1, 0.15) is 5.75 Å². The predicted molar refractivity (Wildman–Crippen MR) is 123 cm³/mol. The van der Waals surface area contributed by atoms with Gasteiger partial charge in [-0.05, 0) is 43.3 Å². The highest BCUT2D eigenvalue weighted by Gasteiger charge is 2.23. The van der Waals surface area contributed by atoms with E-state index in [-0.39, 0.29) is 12.5 Å². The lowest BCUT2D eigenvalue weighted by atomic mass is 10.1. The predicted octanol–water partition coefficient (Wildman–Crippen LogP) is 2.83. The molecule has 1 aliphatic heterocycles. The van der Waals surface area contributed by atoms with Crippen LogP contribution in [0, 0.1) is 0 Å². The number of ether oxygens (including phenoxy) is 1. The zero-order valence-electron chi connectivity index (χ0n) is 18.5. The van der Waals surface area contributed by atoms with Gasteiger partial charge in [-0.15, -0.1) is 0 Å². The minimum atomic E-state index is -3.53. The van der Waals surface area contributed by atoms with E-state index in [1.54, 1.807) is 30.3 Å². The first-order chi connectivity index (χ1) is 14.8. The topological polar surface area (TPSA) is 70.2 Å². The molecule has 31 heavy (non-hydrogen) atoms. The smallest absolute Gasteiger partial charge is 0.253 e. The van der Waals surface area contributed by atoms with Gasteiger partial charge in [-0.3, -0.25) is 9.10 Å². The molecule has 1 heterocycles. The fourth-order valence-corrected chi connectivity index (χ4v) is 4.58. The monoisotopic (exact) mass is 445 g/mol. The second kappa shape index (κ2) is 10.2. The Bertz CT molecular complexity index is 984. The highest BCUT2D eigenvalue weighted by atomic mass is 32.2. The molecule has 0 spiro atoms. The zero-order valence-corrected chi connectivity index (χ0v) is 19.3. The molecule has 2 aromatic rings. The normalized spacial score (nSPS) is 15.0. The Hall–Kier alpha value is -2.58. The molecule has 0 bridgehead atoms. The summed E-state index contributed by atoms with van der Waals surface area (Å²) in [6.07, 6.45) is 1.18. The van der Waals surface area contributed by atoms with Gasteiger partial charge in [0.05, 0.1) is 25.1 Å². The summed E-state index contributed by atoms with van der Waals surface area (Å²) in [6.45, 7) is 8.83.